The van der Waals surface area contributed by atoms with Gasteiger partial charge in [-0.05, 0) is 63.0 Å². The fraction of sp³-hybridized carbons (Fsp3) is 0.481. The zero-order chi connectivity index (χ0) is 25.9. The van der Waals surface area contributed by atoms with Crippen LogP contribution >= 0.6 is 0 Å². The van der Waals surface area contributed by atoms with E-state index in [9.17, 15) is 18.3 Å². The van der Waals surface area contributed by atoms with Gasteiger partial charge in [0.2, 0.25) is 5.95 Å². The maximum atomic E-state index is 13.3. The van der Waals surface area contributed by atoms with Crippen LogP contribution in [0, 0.1) is 0 Å². The van der Waals surface area contributed by atoms with E-state index in [0.717, 1.165) is 37.0 Å². The molecule has 1 fully saturated rings. The highest BCUT2D eigenvalue weighted by Gasteiger charge is 2.45. The predicted octanol–water partition coefficient (Wildman–Crippen LogP) is 4.70. The van der Waals surface area contributed by atoms with Gasteiger partial charge in [-0.2, -0.15) is 13.2 Å². The number of nitrogens with zero attached hydrogens (tertiary/aromatic N) is 3. The second-order valence-electron chi connectivity index (χ2n) is 10.0. The van der Waals surface area contributed by atoms with Gasteiger partial charge < -0.3 is 15.7 Å². The van der Waals surface area contributed by atoms with Crippen molar-refractivity contribution in [2.24, 2.45) is 0 Å². The summed E-state index contributed by atoms with van der Waals surface area (Å²) in [5.74, 6) is 0.422. The molecule has 4 rings (SSSR count). The highest BCUT2D eigenvalue weighted by molar-refractivity contribution is 5.61. The molecule has 2 aromatic rings. The predicted molar refractivity (Wildman–Crippen MR) is 135 cm³/mol. The molecule has 0 bridgehead atoms. The SMILES string of the molecule is C[C@H]1CN(Cc2cccc(-c3ccnc(NCCC4=CCC(C)(O)C(C(F)(F)F)=C4)n3)c2)[C@@H](C)CN1. The lowest BCUT2D eigenvalue weighted by Gasteiger charge is -2.37. The maximum Gasteiger partial charge on any atom is 0.415 e. The van der Waals surface area contributed by atoms with E-state index < -0.39 is 17.4 Å². The molecule has 1 aliphatic heterocycles. The van der Waals surface area contributed by atoms with Gasteiger partial charge in [0.15, 0.2) is 0 Å². The molecule has 0 amide bonds. The van der Waals surface area contributed by atoms with Gasteiger partial charge in [-0.15, -0.1) is 0 Å². The van der Waals surface area contributed by atoms with Crippen LogP contribution in [-0.4, -0.2) is 63.5 Å². The van der Waals surface area contributed by atoms with Crippen molar-refractivity contribution in [2.45, 2.75) is 64.0 Å². The van der Waals surface area contributed by atoms with Crippen LogP contribution in [0.2, 0.25) is 0 Å². The van der Waals surface area contributed by atoms with Crippen molar-refractivity contribution < 1.29 is 18.3 Å². The summed E-state index contributed by atoms with van der Waals surface area (Å²) in [4.78, 5) is 11.4. The monoisotopic (exact) mass is 501 g/mol. The van der Waals surface area contributed by atoms with Crippen molar-refractivity contribution in [1.82, 2.24) is 20.2 Å². The van der Waals surface area contributed by atoms with Gasteiger partial charge in [0.05, 0.1) is 16.9 Å². The number of aliphatic hydroxyl groups is 1. The van der Waals surface area contributed by atoms with E-state index in [-0.39, 0.29) is 6.42 Å². The maximum absolute atomic E-state index is 13.3. The molecule has 9 heteroatoms. The molecule has 1 saturated heterocycles. The Hall–Kier alpha value is -2.75. The quantitative estimate of drug-likeness (QED) is 0.511. The molecule has 3 atom stereocenters. The number of aromatic nitrogens is 2. The van der Waals surface area contributed by atoms with Gasteiger partial charge in [-0.3, -0.25) is 4.90 Å². The number of anilines is 1. The molecule has 1 unspecified atom stereocenters. The first-order valence-electron chi connectivity index (χ1n) is 12.4. The van der Waals surface area contributed by atoms with Crippen molar-refractivity contribution >= 4 is 5.95 Å². The van der Waals surface area contributed by atoms with Crippen molar-refractivity contribution in [3.8, 4) is 11.3 Å². The fourth-order valence-electron chi connectivity index (χ4n) is 4.71. The Morgan fingerprint density at radius 3 is 2.83 bits per heavy atom. The Kier molecular flexibility index (Phi) is 7.82. The van der Waals surface area contributed by atoms with Gasteiger partial charge >= 0.3 is 6.18 Å². The highest BCUT2D eigenvalue weighted by Crippen LogP contribution is 2.39. The number of rotatable bonds is 7. The van der Waals surface area contributed by atoms with E-state index in [1.165, 1.54) is 12.5 Å². The Balaban J connectivity index is 1.39. The number of hydrogen-bond donors (Lipinski definition) is 3. The molecule has 0 radical (unpaired) electrons. The summed E-state index contributed by atoms with van der Waals surface area (Å²) < 4.78 is 39.9. The van der Waals surface area contributed by atoms with Crippen LogP contribution in [0.15, 0.2) is 59.8 Å². The minimum atomic E-state index is -4.57. The Morgan fingerprint density at radius 1 is 1.25 bits per heavy atom. The Morgan fingerprint density at radius 2 is 2.06 bits per heavy atom. The van der Waals surface area contributed by atoms with Crippen molar-refractivity contribution in [3.63, 3.8) is 0 Å². The van der Waals surface area contributed by atoms with Gasteiger partial charge in [0.25, 0.3) is 0 Å². The number of halogens is 3. The van der Waals surface area contributed by atoms with E-state index >= 15 is 0 Å². The first-order valence-corrected chi connectivity index (χ1v) is 12.4. The number of nitrogens with one attached hydrogen (secondary N) is 2. The Bertz CT molecular complexity index is 1130. The first kappa shape index (κ1) is 26.3. The van der Waals surface area contributed by atoms with Crippen molar-refractivity contribution in [1.29, 1.82) is 0 Å². The second kappa shape index (κ2) is 10.7. The molecule has 0 spiro atoms. The normalized spacial score (nSPS) is 25.3. The fourth-order valence-corrected chi connectivity index (χ4v) is 4.71. The minimum Gasteiger partial charge on any atom is -0.385 e. The summed E-state index contributed by atoms with van der Waals surface area (Å²) in [6.45, 7) is 8.84. The van der Waals surface area contributed by atoms with Crippen LogP contribution < -0.4 is 10.6 Å². The molecule has 1 aromatic heterocycles. The molecular formula is C27H34F3N5O. The molecule has 1 aliphatic carbocycles. The number of alkyl halides is 3. The van der Waals surface area contributed by atoms with Crippen LogP contribution in [0.4, 0.5) is 19.1 Å². The average Bonchev–Trinajstić information content (AvgIpc) is 2.82. The van der Waals surface area contributed by atoms with Gasteiger partial charge in [0, 0.05) is 50.0 Å². The molecule has 1 aromatic carbocycles. The van der Waals surface area contributed by atoms with E-state index in [1.54, 1.807) is 12.3 Å². The zero-order valence-electron chi connectivity index (χ0n) is 20.9. The third kappa shape index (κ3) is 6.52. The standard InChI is InChI=1S/C27H34F3N5O/c1-18-16-35(19(2)15-33-18)17-21-5-4-6-22(13-21)23-9-12-32-25(34-23)31-11-8-20-7-10-26(3,36)24(14-20)27(28,29)30/h4-7,9,12-14,18-19,33,36H,8,10-11,15-17H2,1-3H3,(H,31,32,34)/t18-,19-,26?/m0/s1. The summed E-state index contributed by atoms with van der Waals surface area (Å²) in [5, 5.41) is 16.7. The number of benzene rings is 1. The molecule has 36 heavy (non-hydrogen) atoms. The van der Waals surface area contributed by atoms with Crippen molar-refractivity contribution in [2.75, 3.05) is 25.0 Å². The second-order valence-corrected chi connectivity index (χ2v) is 10.0. The summed E-state index contributed by atoms with van der Waals surface area (Å²) in [6, 6.07) is 11.1. The van der Waals surface area contributed by atoms with Crippen LogP contribution in [0.25, 0.3) is 11.3 Å². The topological polar surface area (TPSA) is 73.3 Å². The summed E-state index contributed by atoms with van der Waals surface area (Å²) in [6.07, 6.45) is 0.106. The van der Waals surface area contributed by atoms with Crippen molar-refractivity contribution in [3.05, 3.63) is 65.4 Å². The molecule has 6 nitrogen and oxygen atoms in total. The minimum absolute atomic E-state index is 0.0678. The number of allylic oxidation sites excluding steroid dienone is 1. The molecular weight excluding hydrogens is 467 g/mol. The first-order chi connectivity index (χ1) is 17.0. The average molecular weight is 502 g/mol. The van der Waals surface area contributed by atoms with Gasteiger partial charge in [-0.1, -0.05) is 24.3 Å². The molecule has 194 valence electrons. The number of hydrogen-bond acceptors (Lipinski definition) is 6. The van der Waals surface area contributed by atoms with Crippen LogP contribution in [0.1, 0.15) is 39.2 Å². The van der Waals surface area contributed by atoms with Crippen LogP contribution in [-0.2, 0) is 6.54 Å². The third-order valence-electron chi connectivity index (χ3n) is 6.83. The highest BCUT2D eigenvalue weighted by atomic mass is 19.4. The lowest BCUT2D eigenvalue weighted by atomic mass is 9.84. The summed E-state index contributed by atoms with van der Waals surface area (Å²) in [5.41, 5.74) is 0.709. The van der Waals surface area contributed by atoms with E-state index in [2.05, 4.69) is 51.5 Å². The van der Waals surface area contributed by atoms with Gasteiger partial charge in [-0.25, -0.2) is 9.97 Å². The van der Waals surface area contributed by atoms with Gasteiger partial charge in [0.1, 0.15) is 0 Å². The molecule has 0 saturated carbocycles. The van der Waals surface area contributed by atoms with Crippen LogP contribution in [0.3, 0.4) is 0 Å². The number of piperazine rings is 1. The molecule has 2 heterocycles. The molecule has 3 N–H and O–H groups in total. The largest absolute Gasteiger partial charge is 0.415 e. The summed E-state index contributed by atoms with van der Waals surface area (Å²) in [7, 11) is 0. The van der Waals surface area contributed by atoms with Crippen LogP contribution in [0.5, 0.6) is 0 Å². The smallest absolute Gasteiger partial charge is 0.385 e. The summed E-state index contributed by atoms with van der Waals surface area (Å²) >= 11 is 0. The Labute approximate surface area is 210 Å². The molecule has 2 aliphatic rings. The lowest BCUT2D eigenvalue weighted by Crippen LogP contribution is -2.53. The van der Waals surface area contributed by atoms with E-state index in [1.807, 2.05) is 18.2 Å². The lowest BCUT2D eigenvalue weighted by molar-refractivity contribution is -0.118. The van der Waals surface area contributed by atoms with E-state index in [0.29, 0.717) is 36.6 Å². The zero-order valence-corrected chi connectivity index (χ0v) is 20.9. The van der Waals surface area contributed by atoms with E-state index in [4.69, 9.17) is 0 Å². The third-order valence-corrected chi connectivity index (χ3v) is 6.83.